The van der Waals surface area contributed by atoms with Crippen molar-refractivity contribution in [2.75, 3.05) is 32.9 Å². The first kappa shape index (κ1) is 17.2. The van der Waals surface area contributed by atoms with E-state index in [2.05, 4.69) is 31.4 Å². The fourth-order valence-corrected chi connectivity index (χ4v) is 3.00. The average molecular weight is 300 g/mol. The molecule has 5 heteroatoms. The summed E-state index contributed by atoms with van der Waals surface area (Å²) in [5.41, 5.74) is 0. The van der Waals surface area contributed by atoms with Gasteiger partial charge >= 0.3 is 0 Å². The van der Waals surface area contributed by atoms with Gasteiger partial charge in [-0.1, -0.05) is 20.8 Å². The lowest BCUT2D eigenvalue weighted by molar-refractivity contribution is 0.0254. The number of nitrogens with one attached hydrogen (secondary N) is 2. The van der Waals surface area contributed by atoms with E-state index in [0.29, 0.717) is 24.5 Å². The predicted molar refractivity (Wildman–Crippen MR) is 83.4 cm³/mol. The Balaban J connectivity index is 1.65. The Morgan fingerprint density at radius 2 is 1.95 bits per heavy atom. The van der Waals surface area contributed by atoms with Crippen molar-refractivity contribution in [2.45, 2.75) is 57.9 Å². The van der Waals surface area contributed by atoms with Crippen molar-refractivity contribution in [3.05, 3.63) is 0 Å². The summed E-state index contributed by atoms with van der Waals surface area (Å²) in [6.07, 6.45) is 1.59. The Morgan fingerprint density at radius 3 is 2.62 bits per heavy atom. The highest BCUT2D eigenvalue weighted by Crippen LogP contribution is 2.21. The van der Waals surface area contributed by atoms with Crippen LogP contribution in [0.4, 0.5) is 0 Å². The van der Waals surface area contributed by atoms with Crippen LogP contribution in [0.1, 0.15) is 33.6 Å². The van der Waals surface area contributed by atoms with Crippen molar-refractivity contribution in [1.29, 1.82) is 0 Å². The van der Waals surface area contributed by atoms with Crippen LogP contribution in [0.3, 0.4) is 0 Å². The zero-order chi connectivity index (χ0) is 15.2. The van der Waals surface area contributed by atoms with Gasteiger partial charge < -0.3 is 25.2 Å². The number of hydrogen-bond donors (Lipinski definition) is 3. The molecule has 0 aromatic heterocycles. The van der Waals surface area contributed by atoms with Gasteiger partial charge in [0.2, 0.25) is 0 Å². The SMILES string of the molecule is CC(C)CN[C@@H]1COC(CC(C)CN[C@@H]2CCOC2)[C@H]1O. The molecule has 3 N–H and O–H groups in total. The van der Waals surface area contributed by atoms with Gasteiger partial charge in [-0.15, -0.1) is 0 Å². The maximum absolute atomic E-state index is 10.4. The second kappa shape index (κ2) is 8.44. The number of aliphatic hydroxyl groups excluding tert-OH is 1. The second-order valence-electron chi connectivity index (χ2n) is 7.08. The highest BCUT2D eigenvalue weighted by molar-refractivity contribution is 4.89. The van der Waals surface area contributed by atoms with E-state index in [9.17, 15) is 5.11 Å². The number of ether oxygens (including phenoxy) is 2. The minimum absolute atomic E-state index is 0.0358. The quantitative estimate of drug-likeness (QED) is 0.618. The molecule has 2 saturated heterocycles. The Morgan fingerprint density at radius 1 is 1.14 bits per heavy atom. The van der Waals surface area contributed by atoms with Crippen LogP contribution in [-0.2, 0) is 9.47 Å². The normalized spacial score (nSPS) is 34.7. The minimum Gasteiger partial charge on any atom is -0.389 e. The van der Waals surface area contributed by atoms with Crippen LogP contribution in [0.2, 0.25) is 0 Å². The first-order valence-electron chi connectivity index (χ1n) is 8.40. The standard InChI is InChI=1S/C16H32N2O3/c1-11(2)7-18-14-10-21-15(16(14)19)6-12(3)8-17-13-4-5-20-9-13/h11-19H,4-10H2,1-3H3/t12?,13-,14-,15?,16+/m1/s1. The molecule has 0 bridgehead atoms. The molecule has 2 unspecified atom stereocenters. The molecule has 0 aromatic carbocycles. The first-order chi connectivity index (χ1) is 10.1. The Kier molecular flexibility index (Phi) is 6.89. The van der Waals surface area contributed by atoms with E-state index in [-0.39, 0.29) is 18.2 Å². The minimum atomic E-state index is -0.388. The van der Waals surface area contributed by atoms with Gasteiger partial charge in [0.1, 0.15) is 0 Å². The van der Waals surface area contributed by atoms with Crippen LogP contribution in [-0.4, -0.2) is 62.3 Å². The molecule has 0 amide bonds. The van der Waals surface area contributed by atoms with Gasteiger partial charge in [-0.25, -0.2) is 0 Å². The fourth-order valence-electron chi connectivity index (χ4n) is 3.00. The Hall–Kier alpha value is -0.200. The smallest absolute Gasteiger partial charge is 0.0976 e. The third-order valence-corrected chi connectivity index (χ3v) is 4.39. The van der Waals surface area contributed by atoms with E-state index in [1.807, 2.05) is 0 Å². The van der Waals surface area contributed by atoms with Crippen molar-refractivity contribution in [3.8, 4) is 0 Å². The number of aliphatic hydroxyl groups is 1. The summed E-state index contributed by atoms with van der Waals surface area (Å²) < 4.78 is 11.2. The number of rotatable bonds is 8. The molecule has 0 aliphatic carbocycles. The van der Waals surface area contributed by atoms with Crippen LogP contribution in [0.5, 0.6) is 0 Å². The molecule has 2 fully saturated rings. The molecule has 2 aliphatic heterocycles. The summed E-state index contributed by atoms with van der Waals surface area (Å²) >= 11 is 0. The molecule has 0 radical (unpaired) electrons. The highest BCUT2D eigenvalue weighted by atomic mass is 16.5. The van der Waals surface area contributed by atoms with E-state index in [0.717, 1.165) is 39.1 Å². The Bertz CT molecular complexity index is 295. The molecule has 0 aromatic rings. The van der Waals surface area contributed by atoms with Crippen molar-refractivity contribution < 1.29 is 14.6 Å². The highest BCUT2D eigenvalue weighted by Gasteiger charge is 2.36. The third kappa shape index (κ3) is 5.49. The van der Waals surface area contributed by atoms with Crippen LogP contribution < -0.4 is 10.6 Å². The molecule has 0 saturated carbocycles. The van der Waals surface area contributed by atoms with Gasteiger partial charge in [-0.2, -0.15) is 0 Å². The van der Waals surface area contributed by atoms with Crippen molar-refractivity contribution in [2.24, 2.45) is 11.8 Å². The zero-order valence-corrected chi connectivity index (χ0v) is 13.7. The summed E-state index contributed by atoms with van der Waals surface area (Å²) in [6, 6.07) is 0.586. The molecule has 124 valence electrons. The second-order valence-corrected chi connectivity index (χ2v) is 7.08. The molecular weight excluding hydrogens is 268 g/mol. The molecular formula is C16H32N2O3. The van der Waals surface area contributed by atoms with Crippen molar-refractivity contribution >= 4 is 0 Å². The van der Waals surface area contributed by atoms with Gasteiger partial charge in [-0.05, 0) is 37.8 Å². The van der Waals surface area contributed by atoms with Gasteiger partial charge in [-0.3, -0.25) is 0 Å². The summed E-state index contributed by atoms with van der Waals surface area (Å²) in [5, 5.41) is 17.3. The number of hydrogen-bond acceptors (Lipinski definition) is 5. The molecule has 5 atom stereocenters. The summed E-state index contributed by atoms with van der Waals surface area (Å²) in [6.45, 7) is 10.8. The topological polar surface area (TPSA) is 62.8 Å². The summed E-state index contributed by atoms with van der Waals surface area (Å²) in [5.74, 6) is 1.09. The zero-order valence-electron chi connectivity index (χ0n) is 13.7. The molecule has 21 heavy (non-hydrogen) atoms. The van der Waals surface area contributed by atoms with E-state index >= 15 is 0 Å². The van der Waals surface area contributed by atoms with Crippen molar-refractivity contribution in [1.82, 2.24) is 10.6 Å². The van der Waals surface area contributed by atoms with Crippen LogP contribution in [0.15, 0.2) is 0 Å². The van der Waals surface area contributed by atoms with Gasteiger partial charge in [0.15, 0.2) is 0 Å². The first-order valence-corrected chi connectivity index (χ1v) is 8.40. The largest absolute Gasteiger partial charge is 0.389 e. The maximum atomic E-state index is 10.4. The lowest BCUT2D eigenvalue weighted by Crippen LogP contribution is -2.43. The predicted octanol–water partition coefficient (Wildman–Crippen LogP) is 0.765. The van der Waals surface area contributed by atoms with Gasteiger partial charge in [0.05, 0.1) is 31.5 Å². The van der Waals surface area contributed by atoms with E-state index in [1.54, 1.807) is 0 Å². The fraction of sp³-hybridized carbons (Fsp3) is 1.00. The summed E-state index contributed by atoms with van der Waals surface area (Å²) in [7, 11) is 0. The Labute approximate surface area is 128 Å². The lowest BCUT2D eigenvalue weighted by atomic mass is 9.98. The molecule has 0 spiro atoms. The molecule has 2 heterocycles. The molecule has 5 nitrogen and oxygen atoms in total. The summed E-state index contributed by atoms with van der Waals surface area (Å²) in [4.78, 5) is 0. The van der Waals surface area contributed by atoms with Crippen LogP contribution in [0, 0.1) is 11.8 Å². The monoisotopic (exact) mass is 300 g/mol. The van der Waals surface area contributed by atoms with Gasteiger partial charge in [0, 0.05) is 12.6 Å². The lowest BCUT2D eigenvalue weighted by Gasteiger charge is -2.22. The van der Waals surface area contributed by atoms with E-state index in [1.165, 1.54) is 0 Å². The van der Waals surface area contributed by atoms with Crippen LogP contribution >= 0.6 is 0 Å². The average Bonchev–Trinajstić information content (AvgIpc) is 3.06. The van der Waals surface area contributed by atoms with E-state index in [4.69, 9.17) is 9.47 Å². The van der Waals surface area contributed by atoms with E-state index < -0.39 is 0 Å². The van der Waals surface area contributed by atoms with Crippen molar-refractivity contribution in [3.63, 3.8) is 0 Å². The maximum Gasteiger partial charge on any atom is 0.0976 e. The third-order valence-electron chi connectivity index (χ3n) is 4.39. The van der Waals surface area contributed by atoms with Gasteiger partial charge in [0.25, 0.3) is 0 Å². The molecule has 2 rings (SSSR count). The van der Waals surface area contributed by atoms with Crippen LogP contribution in [0.25, 0.3) is 0 Å². The molecule has 2 aliphatic rings.